The molecule has 0 bridgehead atoms. The van der Waals surface area contributed by atoms with E-state index >= 15 is 0 Å². The third kappa shape index (κ3) is 4.53. The highest BCUT2D eigenvalue weighted by Gasteiger charge is 2.37. The van der Waals surface area contributed by atoms with Crippen LogP contribution < -0.4 is 0 Å². The van der Waals surface area contributed by atoms with Gasteiger partial charge in [-0.15, -0.1) is 0 Å². The van der Waals surface area contributed by atoms with Crippen LogP contribution in [0.5, 0.6) is 0 Å². The normalized spacial score (nSPS) is 13.1. The first-order valence-electron chi connectivity index (χ1n) is 17.9. The van der Waals surface area contributed by atoms with Crippen LogP contribution in [0.15, 0.2) is 182 Å². The van der Waals surface area contributed by atoms with Gasteiger partial charge < -0.3 is 0 Å². The van der Waals surface area contributed by atoms with Crippen molar-refractivity contribution in [3.8, 4) is 55.6 Å². The number of benzene rings is 9. The molecule has 240 valence electrons. The van der Waals surface area contributed by atoms with Gasteiger partial charge in [0, 0.05) is 5.41 Å². The molecule has 0 spiro atoms. The van der Waals surface area contributed by atoms with Crippen LogP contribution in [-0.2, 0) is 5.41 Å². The highest BCUT2D eigenvalue weighted by Crippen LogP contribution is 2.52. The van der Waals surface area contributed by atoms with Crippen molar-refractivity contribution in [3.63, 3.8) is 0 Å². The molecule has 51 heavy (non-hydrogen) atoms. The van der Waals surface area contributed by atoms with Crippen LogP contribution in [-0.4, -0.2) is 0 Å². The molecule has 0 heteroatoms. The van der Waals surface area contributed by atoms with Crippen LogP contribution in [0.1, 0.15) is 25.0 Å². The van der Waals surface area contributed by atoms with Gasteiger partial charge in [-0.25, -0.2) is 0 Å². The van der Waals surface area contributed by atoms with E-state index in [0.29, 0.717) is 0 Å². The smallest absolute Gasteiger partial charge is 0.0165 e. The highest BCUT2D eigenvalue weighted by atomic mass is 14.4. The zero-order chi connectivity index (χ0) is 34.1. The Labute approximate surface area is 299 Å². The second kappa shape index (κ2) is 11.4. The average Bonchev–Trinajstić information content (AvgIpc) is 3.43. The zero-order valence-corrected chi connectivity index (χ0v) is 28.8. The lowest BCUT2D eigenvalue weighted by atomic mass is 9.80. The van der Waals surface area contributed by atoms with Gasteiger partial charge in [0.15, 0.2) is 0 Å². The Morgan fingerprint density at radius 1 is 0.314 bits per heavy atom. The summed E-state index contributed by atoms with van der Waals surface area (Å²) in [5.41, 5.74) is 15.5. The molecule has 0 atom stereocenters. The number of hydrogen-bond acceptors (Lipinski definition) is 0. The number of rotatable bonds is 4. The summed E-state index contributed by atoms with van der Waals surface area (Å²) in [5, 5.41) is 7.74. The van der Waals surface area contributed by atoms with Crippen LogP contribution in [0.3, 0.4) is 0 Å². The fourth-order valence-corrected chi connectivity index (χ4v) is 8.93. The lowest BCUT2D eigenvalue weighted by Crippen LogP contribution is -2.15. The Balaban J connectivity index is 1.12. The van der Waals surface area contributed by atoms with Gasteiger partial charge in [0.1, 0.15) is 0 Å². The second-order valence-electron chi connectivity index (χ2n) is 14.4. The Kier molecular flexibility index (Phi) is 6.63. The molecule has 10 rings (SSSR count). The van der Waals surface area contributed by atoms with E-state index in [0.717, 1.165) is 0 Å². The summed E-state index contributed by atoms with van der Waals surface area (Å²) in [6.45, 7) is 4.75. The van der Waals surface area contributed by atoms with Crippen molar-refractivity contribution in [2.75, 3.05) is 0 Å². The Bertz CT molecular complexity index is 2740. The third-order valence-corrected chi connectivity index (χ3v) is 11.3. The maximum Gasteiger partial charge on any atom is 0.0165 e. The first kappa shape index (κ1) is 29.7. The lowest BCUT2D eigenvalue weighted by Gasteiger charge is -2.23. The predicted molar refractivity (Wildman–Crippen MR) is 218 cm³/mol. The van der Waals surface area contributed by atoms with Crippen molar-refractivity contribution in [1.29, 1.82) is 0 Å². The molecule has 9 aromatic rings. The monoisotopic (exact) mass is 648 g/mol. The maximum absolute atomic E-state index is 2.41. The molecule has 0 aromatic heterocycles. The lowest BCUT2D eigenvalue weighted by molar-refractivity contribution is 0.666. The van der Waals surface area contributed by atoms with Gasteiger partial charge in [0.25, 0.3) is 0 Å². The molecule has 0 saturated carbocycles. The molecular weight excluding hydrogens is 613 g/mol. The molecule has 0 nitrogen and oxygen atoms in total. The molecule has 0 aliphatic heterocycles. The minimum absolute atomic E-state index is 0.0518. The van der Waals surface area contributed by atoms with Crippen LogP contribution >= 0.6 is 0 Å². The van der Waals surface area contributed by atoms with Crippen molar-refractivity contribution in [2.24, 2.45) is 0 Å². The van der Waals surface area contributed by atoms with Gasteiger partial charge in [0.05, 0.1) is 0 Å². The number of hydrogen-bond donors (Lipinski definition) is 0. The second-order valence-corrected chi connectivity index (χ2v) is 14.4. The first-order chi connectivity index (χ1) is 25.1. The summed E-state index contributed by atoms with van der Waals surface area (Å²) >= 11 is 0. The third-order valence-electron chi connectivity index (χ3n) is 11.3. The SMILES string of the molecule is CC1(C)c2ccc(-c3ccc(-c4c5ccccc5c(-c5ccccc5-c5ccccc5)c5ccccc45)cc3)cc2-c2ccc3ccccc3c21. The van der Waals surface area contributed by atoms with Crippen molar-refractivity contribution < 1.29 is 0 Å². The molecule has 0 heterocycles. The molecule has 0 radical (unpaired) electrons. The molecule has 9 aromatic carbocycles. The van der Waals surface area contributed by atoms with Gasteiger partial charge in [-0.2, -0.15) is 0 Å². The zero-order valence-electron chi connectivity index (χ0n) is 28.8. The van der Waals surface area contributed by atoms with E-state index in [1.807, 2.05) is 0 Å². The maximum atomic E-state index is 2.41. The quantitative estimate of drug-likeness (QED) is 0.167. The Hall–Kier alpha value is -6.24. The molecule has 0 unspecified atom stereocenters. The topological polar surface area (TPSA) is 0 Å². The molecule has 1 aliphatic rings. The fourth-order valence-electron chi connectivity index (χ4n) is 8.93. The molecule has 0 saturated heterocycles. The van der Waals surface area contributed by atoms with Crippen molar-refractivity contribution in [1.82, 2.24) is 0 Å². The van der Waals surface area contributed by atoms with E-state index in [2.05, 4.69) is 196 Å². The van der Waals surface area contributed by atoms with E-state index < -0.39 is 0 Å². The van der Waals surface area contributed by atoms with Gasteiger partial charge in [0.2, 0.25) is 0 Å². The van der Waals surface area contributed by atoms with E-state index in [1.54, 1.807) is 0 Å². The minimum Gasteiger partial charge on any atom is -0.0622 e. The Morgan fingerprint density at radius 2 is 0.843 bits per heavy atom. The van der Waals surface area contributed by atoms with E-state index in [4.69, 9.17) is 0 Å². The molecular formula is C51H36. The summed E-state index contributed by atoms with van der Waals surface area (Å²) in [6.07, 6.45) is 0. The van der Waals surface area contributed by atoms with E-state index in [1.165, 1.54) is 99.1 Å². The van der Waals surface area contributed by atoms with E-state index in [9.17, 15) is 0 Å². The van der Waals surface area contributed by atoms with Crippen molar-refractivity contribution in [2.45, 2.75) is 19.3 Å². The molecule has 1 aliphatic carbocycles. The van der Waals surface area contributed by atoms with Crippen molar-refractivity contribution in [3.05, 3.63) is 193 Å². The standard InChI is InChI=1S/C51H36/c1-51(2)47-31-29-37(32-46(47)45-30-28-35-16-6-7-18-39(35)50(45)51)33-24-26-36(27-25-33)48-41-20-10-12-22-43(41)49(44-23-13-11-21-42(44)48)40-19-9-8-17-38(40)34-14-4-3-5-15-34/h3-32H,1-2H3. The van der Waals surface area contributed by atoms with Crippen LogP contribution in [0.25, 0.3) is 88.0 Å². The van der Waals surface area contributed by atoms with E-state index in [-0.39, 0.29) is 5.41 Å². The van der Waals surface area contributed by atoms with Gasteiger partial charge in [-0.05, 0) is 105 Å². The van der Waals surface area contributed by atoms with Gasteiger partial charge >= 0.3 is 0 Å². The van der Waals surface area contributed by atoms with Gasteiger partial charge in [-0.3, -0.25) is 0 Å². The molecule has 0 fully saturated rings. The average molecular weight is 649 g/mol. The summed E-state index contributed by atoms with van der Waals surface area (Å²) in [6, 6.07) is 67.2. The highest BCUT2D eigenvalue weighted by molar-refractivity contribution is 6.22. The summed E-state index contributed by atoms with van der Waals surface area (Å²) < 4.78 is 0. The fraction of sp³-hybridized carbons (Fsp3) is 0.0588. The molecule has 0 N–H and O–H groups in total. The Morgan fingerprint density at radius 3 is 1.53 bits per heavy atom. The molecule has 0 amide bonds. The summed E-state index contributed by atoms with van der Waals surface area (Å²) in [4.78, 5) is 0. The number of fused-ring (bicyclic) bond motifs is 7. The minimum atomic E-state index is -0.0518. The van der Waals surface area contributed by atoms with Crippen molar-refractivity contribution >= 4 is 32.3 Å². The van der Waals surface area contributed by atoms with Crippen LogP contribution in [0.2, 0.25) is 0 Å². The largest absolute Gasteiger partial charge is 0.0622 e. The first-order valence-corrected chi connectivity index (χ1v) is 17.9. The predicted octanol–water partition coefficient (Wildman–Crippen LogP) is 14.1. The summed E-state index contributed by atoms with van der Waals surface area (Å²) in [7, 11) is 0. The van der Waals surface area contributed by atoms with Gasteiger partial charge in [-0.1, -0.05) is 190 Å². The summed E-state index contributed by atoms with van der Waals surface area (Å²) in [5.74, 6) is 0. The van der Waals surface area contributed by atoms with Crippen LogP contribution in [0, 0.1) is 0 Å². The van der Waals surface area contributed by atoms with Crippen LogP contribution in [0.4, 0.5) is 0 Å².